The SMILES string of the molecule is N=C(/C=C1\NC(CO)CNC1=O)c1cccc(Cl)c1. The summed E-state index contributed by atoms with van der Waals surface area (Å²) < 4.78 is 0. The second-order valence-electron chi connectivity index (χ2n) is 4.22. The molecule has 1 unspecified atom stereocenters. The van der Waals surface area contributed by atoms with E-state index in [0.29, 0.717) is 17.1 Å². The summed E-state index contributed by atoms with van der Waals surface area (Å²) >= 11 is 5.86. The molecule has 0 aromatic heterocycles. The molecule has 0 saturated carbocycles. The number of hydrogen-bond donors (Lipinski definition) is 4. The largest absolute Gasteiger partial charge is 0.394 e. The molecule has 1 aromatic rings. The monoisotopic (exact) mass is 279 g/mol. The Hall–Kier alpha value is -1.85. The third-order valence-corrected chi connectivity index (χ3v) is 2.99. The van der Waals surface area contributed by atoms with Crippen molar-refractivity contribution in [2.24, 2.45) is 0 Å². The molecule has 1 fully saturated rings. The van der Waals surface area contributed by atoms with Crippen LogP contribution in [0, 0.1) is 5.41 Å². The van der Waals surface area contributed by atoms with Gasteiger partial charge >= 0.3 is 0 Å². The number of halogens is 1. The number of hydrogen-bond acceptors (Lipinski definition) is 4. The Morgan fingerprint density at radius 1 is 1.58 bits per heavy atom. The fourth-order valence-electron chi connectivity index (χ4n) is 1.75. The first-order chi connectivity index (χ1) is 9.10. The Morgan fingerprint density at radius 3 is 3.05 bits per heavy atom. The summed E-state index contributed by atoms with van der Waals surface area (Å²) in [6, 6.07) is 6.64. The number of piperazine rings is 1. The van der Waals surface area contributed by atoms with E-state index in [1.54, 1.807) is 24.3 Å². The zero-order chi connectivity index (χ0) is 13.8. The van der Waals surface area contributed by atoms with Crippen LogP contribution in [0.1, 0.15) is 5.56 Å². The maximum absolute atomic E-state index is 11.6. The maximum Gasteiger partial charge on any atom is 0.267 e. The zero-order valence-corrected chi connectivity index (χ0v) is 10.9. The molecule has 100 valence electrons. The quantitative estimate of drug-likeness (QED) is 0.485. The summed E-state index contributed by atoms with van der Waals surface area (Å²) in [6.07, 6.45) is 1.43. The highest BCUT2D eigenvalue weighted by atomic mass is 35.5. The molecule has 6 heteroatoms. The molecule has 0 radical (unpaired) electrons. The van der Waals surface area contributed by atoms with Gasteiger partial charge in [-0.05, 0) is 18.2 Å². The predicted octanol–water partition coefficient (Wildman–Crippen LogP) is 0.672. The van der Waals surface area contributed by atoms with Crippen molar-refractivity contribution < 1.29 is 9.90 Å². The van der Waals surface area contributed by atoms with Crippen LogP contribution >= 0.6 is 11.6 Å². The van der Waals surface area contributed by atoms with Gasteiger partial charge in [0, 0.05) is 17.1 Å². The van der Waals surface area contributed by atoms with E-state index < -0.39 is 0 Å². The number of amides is 1. The van der Waals surface area contributed by atoms with Gasteiger partial charge in [-0.15, -0.1) is 0 Å². The van der Waals surface area contributed by atoms with Crippen LogP contribution in [-0.4, -0.2) is 35.9 Å². The van der Waals surface area contributed by atoms with Crippen LogP contribution in [0.3, 0.4) is 0 Å². The lowest BCUT2D eigenvalue weighted by molar-refractivity contribution is -0.119. The highest BCUT2D eigenvalue weighted by molar-refractivity contribution is 6.31. The molecular formula is C13H14ClN3O2. The third-order valence-electron chi connectivity index (χ3n) is 2.76. The number of aliphatic hydroxyl groups excluding tert-OH is 1. The zero-order valence-electron chi connectivity index (χ0n) is 10.1. The molecule has 4 N–H and O–H groups in total. The third kappa shape index (κ3) is 3.33. The van der Waals surface area contributed by atoms with Crippen molar-refractivity contribution in [2.45, 2.75) is 6.04 Å². The van der Waals surface area contributed by atoms with Crippen molar-refractivity contribution in [3.05, 3.63) is 46.6 Å². The smallest absolute Gasteiger partial charge is 0.267 e. The highest BCUT2D eigenvalue weighted by Crippen LogP contribution is 2.12. The average Bonchev–Trinajstić information content (AvgIpc) is 2.41. The molecule has 1 amide bonds. The van der Waals surface area contributed by atoms with E-state index in [1.807, 2.05) is 0 Å². The van der Waals surface area contributed by atoms with Crippen LogP contribution in [0.2, 0.25) is 5.02 Å². The van der Waals surface area contributed by atoms with Gasteiger partial charge in [0.1, 0.15) is 5.70 Å². The van der Waals surface area contributed by atoms with Crippen molar-refractivity contribution >= 4 is 23.2 Å². The van der Waals surface area contributed by atoms with Gasteiger partial charge in [-0.3, -0.25) is 4.79 Å². The van der Waals surface area contributed by atoms with E-state index in [9.17, 15) is 4.79 Å². The molecule has 5 nitrogen and oxygen atoms in total. The van der Waals surface area contributed by atoms with Crippen molar-refractivity contribution in [1.82, 2.24) is 10.6 Å². The van der Waals surface area contributed by atoms with Crippen LogP contribution < -0.4 is 10.6 Å². The van der Waals surface area contributed by atoms with E-state index in [2.05, 4.69) is 10.6 Å². The second kappa shape index (κ2) is 5.86. The van der Waals surface area contributed by atoms with Gasteiger partial charge in [0.2, 0.25) is 0 Å². The molecule has 1 atom stereocenters. The Morgan fingerprint density at radius 2 is 2.37 bits per heavy atom. The molecule has 0 spiro atoms. The normalized spacial score (nSPS) is 20.8. The van der Waals surface area contributed by atoms with Gasteiger partial charge in [0.25, 0.3) is 5.91 Å². The van der Waals surface area contributed by atoms with Gasteiger partial charge in [-0.1, -0.05) is 23.7 Å². The number of aliphatic hydroxyl groups is 1. The summed E-state index contributed by atoms with van der Waals surface area (Å²) in [7, 11) is 0. The molecule has 19 heavy (non-hydrogen) atoms. The molecule has 1 aromatic carbocycles. The first-order valence-electron chi connectivity index (χ1n) is 5.82. The average molecular weight is 280 g/mol. The lowest BCUT2D eigenvalue weighted by atomic mass is 10.1. The number of rotatable bonds is 3. The standard InChI is InChI=1S/C13H14ClN3O2/c14-9-3-1-2-8(4-9)11(15)5-12-13(19)16-6-10(7-18)17-12/h1-5,10,15,17-18H,6-7H2,(H,16,19)/b12-5-,15-11?. The van der Waals surface area contributed by atoms with Gasteiger partial charge in [0.05, 0.1) is 18.4 Å². The van der Waals surface area contributed by atoms with Crippen LogP contribution in [0.4, 0.5) is 0 Å². The predicted molar refractivity (Wildman–Crippen MR) is 73.4 cm³/mol. The fourth-order valence-corrected chi connectivity index (χ4v) is 1.94. The number of carbonyl (C=O) groups is 1. The van der Waals surface area contributed by atoms with Gasteiger partial charge in [-0.2, -0.15) is 0 Å². The summed E-state index contributed by atoms with van der Waals surface area (Å²) in [4.78, 5) is 11.6. The maximum atomic E-state index is 11.6. The number of nitrogens with one attached hydrogen (secondary N) is 3. The van der Waals surface area contributed by atoms with E-state index in [1.165, 1.54) is 6.08 Å². The molecule has 0 aliphatic carbocycles. The van der Waals surface area contributed by atoms with E-state index in [-0.39, 0.29) is 30.0 Å². The molecule has 0 bridgehead atoms. The fraction of sp³-hybridized carbons (Fsp3) is 0.231. The topological polar surface area (TPSA) is 85.2 Å². The molecule has 1 aliphatic rings. The molecule has 1 heterocycles. The first kappa shape index (κ1) is 13.6. The minimum absolute atomic E-state index is 0.0812. The van der Waals surface area contributed by atoms with Crippen molar-refractivity contribution in [1.29, 1.82) is 5.41 Å². The summed E-state index contributed by atoms with van der Waals surface area (Å²) in [6.45, 7) is 0.291. The highest BCUT2D eigenvalue weighted by Gasteiger charge is 2.21. The molecular weight excluding hydrogens is 266 g/mol. The molecule has 1 saturated heterocycles. The van der Waals surface area contributed by atoms with E-state index >= 15 is 0 Å². The summed E-state index contributed by atoms with van der Waals surface area (Å²) in [5, 5.41) is 23.1. The van der Waals surface area contributed by atoms with Crippen LogP contribution in [0.25, 0.3) is 0 Å². The number of allylic oxidation sites excluding steroid dienone is 1. The van der Waals surface area contributed by atoms with Crippen LogP contribution in [0.5, 0.6) is 0 Å². The number of carbonyl (C=O) groups excluding carboxylic acids is 1. The summed E-state index contributed by atoms with van der Waals surface area (Å²) in [5.41, 5.74) is 1.08. The lowest BCUT2D eigenvalue weighted by Crippen LogP contribution is -2.51. The summed E-state index contributed by atoms with van der Waals surface area (Å²) in [5.74, 6) is -0.281. The first-order valence-corrected chi connectivity index (χ1v) is 6.19. The van der Waals surface area contributed by atoms with Gasteiger partial charge < -0.3 is 21.1 Å². The van der Waals surface area contributed by atoms with Gasteiger partial charge in [0.15, 0.2) is 0 Å². The van der Waals surface area contributed by atoms with Crippen LogP contribution in [0.15, 0.2) is 36.0 Å². The lowest BCUT2D eigenvalue weighted by Gasteiger charge is -2.25. The Kier molecular flexibility index (Phi) is 4.19. The van der Waals surface area contributed by atoms with Crippen LogP contribution in [-0.2, 0) is 4.79 Å². The molecule has 2 rings (SSSR count). The van der Waals surface area contributed by atoms with Crippen molar-refractivity contribution in [2.75, 3.05) is 13.2 Å². The number of benzene rings is 1. The van der Waals surface area contributed by atoms with E-state index in [4.69, 9.17) is 22.1 Å². The second-order valence-corrected chi connectivity index (χ2v) is 4.65. The van der Waals surface area contributed by atoms with Crippen molar-refractivity contribution in [3.63, 3.8) is 0 Å². The van der Waals surface area contributed by atoms with E-state index in [0.717, 1.165) is 0 Å². The van der Waals surface area contributed by atoms with Crippen molar-refractivity contribution in [3.8, 4) is 0 Å². The Bertz CT molecular complexity index is 542. The molecule has 1 aliphatic heterocycles. The Balaban J connectivity index is 2.19. The minimum atomic E-state index is -0.281. The minimum Gasteiger partial charge on any atom is -0.394 e. The van der Waals surface area contributed by atoms with Gasteiger partial charge in [-0.25, -0.2) is 0 Å². The Labute approximate surface area is 115 Å².